The maximum absolute atomic E-state index is 12.6. The molecule has 0 aliphatic rings. The number of carbonyl (C=O) groups is 2. The lowest BCUT2D eigenvalue weighted by Crippen LogP contribution is -2.25. The third-order valence-corrected chi connectivity index (χ3v) is 10.8. The van der Waals surface area contributed by atoms with E-state index in [9.17, 15) is 9.59 Å². The predicted molar refractivity (Wildman–Crippen MR) is 238 cm³/mol. The summed E-state index contributed by atoms with van der Waals surface area (Å²) in [7, 11) is 0. The Hall–Kier alpha value is -5.64. The number of fused-ring (bicyclic) bond motifs is 2. The van der Waals surface area contributed by atoms with Gasteiger partial charge in [0.1, 0.15) is 11.0 Å². The molecule has 6 aromatic carbocycles. The number of nitrogens with one attached hydrogen (secondary N) is 2. The number of hydrogen-bond acceptors (Lipinski definition) is 6. The molecule has 298 valence electrons. The van der Waals surface area contributed by atoms with Crippen molar-refractivity contribution in [3.05, 3.63) is 175 Å². The minimum atomic E-state index is -0.151. The largest absolute Gasteiger partial charge is 0.436 e. The highest BCUT2D eigenvalue weighted by molar-refractivity contribution is 6.39. The number of hydrogen-bond donors (Lipinski definition) is 2. The Bertz CT molecular complexity index is 2690. The van der Waals surface area contributed by atoms with E-state index >= 15 is 0 Å². The second kappa shape index (κ2) is 19.4. The zero-order valence-corrected chi connectivity index (χ0v) is 34.9. The summed E-state index contributed by atoms with van der Waals surface area (Å²) in [6.45, 7) is 3.29. The number of aromatic nitrogens is 2. The van der Waals surface area contributed by atoms with Gasteiger partial charge in [-0.2, -0.15) is 0 Å². The van der Waals surface area contributed by atoms with Crippen molar-refractivity contribution in [1.29, 1.82) is 0 Å². The highest BCUT2D eigenvalue weighted by atomic mass is 35.5. The number of benzene rings is 6. The molecule has 2 aromatic heterocycles. The summed E-state index contributed by atoms with van der Waals surface area (Å²) in [6.07, 6.45) is 3.59. The fourth-order valence-corrected chi connectivity index (χ4v) is 7.48. The predicted octanol–water partition coefficient (Wildman–Crippen LogP) is 12.5. The van der Waals surface area contributed by atoms with E-state index in [0.717, 1.165) is 25.7 Å². The van der Waals surface area contributed by atoms with Gasteiger partial charge in [0.25, 0.3) is 11.8 Å². The van der Waals surface area contributed by atoms with Crippen LogP contribution in [0.2, 0.25) is 20.1 Å². The summed E-state index contributed by atoms with van der Waals surface area (Å²) in [4.78, 5) is 34.0. The van der Waals surface area contributed by atoms with Gasteiger partial charge in [0.15, 0.2) is 11.2 Å². The number of aryl methyl sites for hydroxylation is 2. The van der Waals surface area contributed by atoms with Crippen LogP contribution in [-0.2, 0) is 19.3 Å². The first-order chi connectivity index (χ1) is 28.7. The second-order valence-electron chi connectivity index (χ2n) is 13.6. The van der Waals surface area contributed by atoms with Crippen LogP contribution in [0.5, 0.6) is 0 Å². The molecule has 0 aliphatic heterocycles. The van der Waals surface area contributed by atoms with E-state index < -0.39 is 0 Å². The summed E-state index contributed by atoms with van der Waals surface area (Å²) in [5, 5.41) is 7.74. The molecule has 0 bridgehead atoms. The van der Waals surface area contributed by atoms with Gasteiger partial charge in [-0.05, 0) is 103 Å². The molecule has 59 heavy (non-hydrogen) atoms. The van der Waals surface area contributed by atoms with Gasteiger partial charge in [0.2, 0.25) is 11.8 Å². The normalized spacial score (nSPS) is 11.0. The van der Waals surface area contributed by atoms with Crippen LogP contribution in [0.3, 0.4) is 0 Å². The van der Waals surface area contributed by atoms with Crippen molar-refractivity contribution in [1.82, 2.24) is 20.6 Å². The summed E-state index contributed by atoms with van der Waals surface area (Å²) < 4.78 is 11.6. The summed E-state index contributed by atoms with van der Waals surface area (Å²) in [6, 6.07) is 39.4. The first kappa shape index (κ1) is 41.5. The SMILES string of the molecule is CCc1ccc(CCNC(=O)c2ccc3oc(-c4c(Cl)cccc4Cl)nc3c2)cc1.O=C(NCCCc1ccccc1)c1ccc2oc(-c3c(Cl)cccc3Cl)nc2c1. The Morgan fingerprint density at radius 3 is 1.47 bits per heavy atom. The molecule has 0 atom stereocenters. The van der Waals surface area contributed by atoms with Crippen LogP contribution in [0.25, 0.3) is 45.1 Å². The van der Waals surface area contributed by atoms with Crippen LogP contribution in [0.1, 0.15) is 50.8 Å². The van der Waals surface area contributed by atoms with Gasteiger partial charge >= 0.3 is 0 Å². The standard InChI is InChI=1S/C24H20Cl2N2O2.C23H18Cl2N2O2/c1-2-15-6-8-16(9-7-15)12-13-27-23(29)17-10-11-21-20(14-17)28-24(30-21)22-18(25)4-3-5-19(22)26;24-17-9-4-10-18(25)21(17)23-27-19-14-16(11-12-20(19)29-23)22(28)26-13-5-8-15-6-2-1-3-7-15/h3-11,14H,2,12-13H2,1H3,(H,27,29);1-4,6-7,9-12,14H,5,8,13H2,(H,26,28). The molecule has 2 heterocycles. The molecule has 0 saturated carbocycles. The monoisotopic (exact) mass is 862 g/mol. The van der Waals surface area contributed by atoms with Crippen LogP contribution in [0.4, 0.5) is 0 Å². The van der Waals surface area contributed by atoms with Crippen molar-refractivity contribution >= 4 is 80.4 Å². The van der Waals surface area contributed by atoms with E-state index in [-0.39, 0.29) is 11.8 Å². The number of nitrogens with zero attached hydrogens (tertiary/aromatic N) is 2. The fraction of sp³-hybridized carbons (Fsp3) is 0.149. The first-order valence-electron chi connectivity index (χ1n) is 19.0. The Kier molecular flexibility index (Phi) is 13.7. The first-order valence-corrected chi connectivity index (χ1v) is 20.6. The Morgan fingerprint density at radius 2 is 0.983 bits per heavy atom. The number of oxazole rings is 2. The van der Waals surface area contributed by atoms with Crippen LogP contribution in [0, 0.1) is 0 Å². The number of halogens is 4. The van der Waals surface area contributed by atoms with Crippen LogP contribution < -0.4 is 10.6 Å². The van der Waals surface area contributed by atoms with E-state index in [0.29, 0.717) is 89.4 Å². The lowest BCUT2D eigenvalue weighted by molar-refractivity contribution is 0.0945. The number of carbonyl (C=O) groups excluding carboxylic acids is 2. The molecular formula is C47H38Cl4N4O4. The fourth-order valence-electron chi connectivity index (χ4n) is 6.36. The van der Waals surface area contributed by atoms with Gasteiger partial charge in [-0.1, -0.05) is 120 Å². The second-order valence-corrected chi connectivity index (χ2v) is 15.2. The highest BCUT2D eigenvalue weighted by Gasteiger charge is 2.18. The van der Waals surface area contributed by atoms with Gasteiger partial charge in [0.05, 0.1) is 31.2 Å². The third-order valence-electron chi connectivity index (χ3n) is 9.55. The number of amides is 2. The molecule has 0 unspecified atom stereocenters. The molecule has 2 N–H and O–H groups in total. The van der Waals surface area contributed by atoms with Gasteiger partial charge in [-0.15, -0.1) is 0 Å². The highest BCUT2D eigenvalue weighted by Crippen LogP contribution is 2.37. The van der Waals surface area contributed by atoms with Gasteiger partial charge in [-0.25, -0.2) is 9.97 Å². The molecule has 12 heteroatoms. The minimum absolute atomic E-state index is 0.139. The van der Waals surface area contributed by atoms with E-state index in [1.165, 1.54) is 16.7 Å². The summed E-state index contributed by atoms with van der Waals surface area (Å²) in [5.41, 5.74) is 8.17. The zero-order valence-electron chi connectivity index (χ0n) is 31.9. The summed E-state index contributed by atoms with van der Waals surface area (Å²) >= 11 is 25.0. The van der Waals surface area contributed by atoms with Crippen molar-refractivity contribution in [3.63, 3.8) is 0 Å². The minimum Gasteiger partial charge on any atom is -0.436 e. The third kappa shape index (κ3) is 10.3. The average Bonchev–Trinajstić information content (AvgIpc) is 3.86. The van der Waals surface area contributed by atoms with Crippen molar-refractivity contribution in [2.45, 2.75) is 32.6 Å². The van der Waals surface area contributed by atoms with E-state index in [2.05, 4.69) is 63.9 Å². The molecule has 0 saturated heterocycles. The van der Waals surface area contributed by atoms with E-state index in [1.54, 1.807) is 72.8 Å². The lowest BCUT2D eigenvalue weighted by Gasteiger charge is -2.06. The quantitative estimate of drug-likeness (QED) is 0.118. The summed E-state index contributed by atoms with van der Waals surface area (Å²) in [5.74, 6) is 0.368. The van der Waals surface area contributed by atoms with Crippen molar-refractivity contribution < 1.29 is 18.4 Å². The average molecular weight is 865 g/mol. The van der Waals surface area contributed by atoms with Crippen LogP contribution in [0.15, 0.2) is 136 Å². The molecule has 8 aromatic rings. The van der Waals surface area contributed by atoms with Crippen LogP contribution in [-0.4, -0.2) is 34.9 Å². The Balaban J connectivity index is 0.000000179. The zero-order chi connectivity index (χ0) is 41.3. The van der Waals surface area contributed by atoms with E-state index in [4.69, 9.17) is 55.2 Å². The van der Waals surface area contributed by atoms with Gasteiger partial charge < -0.3 is 19.5 Å². The van der Waals surface area contributed by atoms with Gasteiger partial charge in [-0.3, -0.25) is 9.59 Å². The lowest BCUT2D eigenvalue weighted by atomic mass is 10.1. The maximum Gasteiger partial charge on any atom is 0.251 e. The molecule has 0 radical (unpaired) electrons. The molecule has 0 spiro atoms. The molecule has 8 nitrogen and oxygen atoms in total. The van der Waals surface area contributed by atoms with Gasteiger partial charge in [0, 0.05) is 24.2 Å². The molecule has 2 amide bonds. The number of rotatable bonds is 12. The van der Waals surface area contributed by atoms with E-state index in [1.807, 2.05) is 18.2 Å². The van der Waals surface area contributed by atoms with Crippen LogP contribution >= 0.6 is 46.4 Å². The smallest absolute Gasteiger partial charge is 0.251 e. The molecule has 0 aliphatic carbocycles. The molecular weight excluding hydrogens is 826 g/mol. The topological polar surface area (TPSA) is 110 Å². The Morgan fingerprint density at radius 1 is 0.525 bits per heavy atom. The van der Waals surface area contributed by atoms with Crippen molar-refractivity contribution in [2.75, 3.05) is 13.1 Å². The Labute approximate surface area is 361 Å². The van der Waals surface area contributed by atoms with Crippen molar-refractivity contribution in [3.8, 4) is 22.9 Å². The molecule has 0 fully saturated rings. The molecule has 8 rings (SSSR count). The maximum atomic E-state index is 12.6. The van der Waals surface area contributed by atoms with Crippen molar-refractivity contribution in [2.24, 2.45) is 0 Å².